The summed E-state index contributed by atoms with van der Waals surface area (Å²) in [5.74, 6) is 1.79. The summed E-state index contributed by atoms with van der Waals surface area (Å²) in [4.78, 5) is 24.2. The van der Waals surface area contributed by atoms with Crippen molar-refractivity contribution in [3.8, 4) is 5.75 Å². The number of amides is 2. The summed E-state index contributed by atoms with van der Waals surface area (Å²) in [5, 5.41) is 0.434. The molecule has 1 aromatic rings. The molecule has 2 amide bonds. The predicted octanol–water partition coefficient (Wildman–Crippen LogP) is 2.94. The zero-order valence-electron chi connectivity index (χ0n) is 13.1. The highest BCUT2D eigenvalue weighted by molar-refractivity contribution is 6.31. The van der Waals surface area contributed by atoms with Crippen molar-refractivity contribution in [2.75, 3.05) is 7.11 Å². The third-order valence-corrected chi connectivity index (χ3v) is 5.29. The van der Waals surface area contributed by atoms with Gasteiger partial charge in [-0.15, -0.1) is 0 Å². The van der Waals surface area contributed by atoms with Gasteiger partial charge < -0.3 is 4.74 Å². The van der Waals surface area contributed by atoms with Crippen molar-refractivity contribution >= 4 is 23.4 Å². The maximum Gasteiger partial charge on any atom is 0.273 e. The highest BCUT2D eigenvalue weighted by atomic mass is 35.5. The molecular formula is C17H21ClN2O3. The number of nitrogens with one attached hydrogen (secondary N) is 2. The molecule has 0 spiro atoms. The maximum absolute atomic E-state index is 12.2. The van der Waals surface area contributed by atoms with Gasteiger partial charge in [0.05, 0.1) is 12.7 Å². The standard InChI is InChI=1S/C17H21ClN2O3/c1-23-15-5-4-13(18)9-14(15)17(22)20-19-16(21)8-12-7-10-2-3-11(12)6-10/h4-5,9-12H,2-3,6-8H2,1H3,(H,19,21)(H,20,22)/t10-,11+,12-/m0/s1. The van der Waals surface area contributed by atoms with Crippen LogP contribution in [0.3, 0.4) is 0 Å². The molecule has 6 heteroatoms. The SMILES string of the molecule is COc1ccc(Cl)cc1C(=O)NNC(=O)C[C@@H]1C[C@H]2CC[C@@H]1C2. The predicted molar refractivity (Wildman–Crippen MR) is 87.2 cm³/mol. The Labute approximate surface area is 140 Å². The average molecular weight is 337 g/mol. The number of carbonyl (C=O) groups is 2. The molecule has 0 radical (unpaired) electrons. The van der Waals surface area contributed by atoms with Gasteiger partial charge in [-0.3, -0.25) is 20.4 Å². The minimum absolute atomic E-state index is 0.142. The second-order valence-electron chi connectivity index (χ2n) is 6.49. The molecule has 5 nitrogen and oxygen atoms in total. The topological polar surface area (TPSA) is 67.4 Å². The van der Waals surface area contributed by atoms with E-state index in [4.69, 9.17) is 16.3 Å². The van der Waals surface area contributed by atoms with Gasteiger partial charge in [-0.1, -0.05) is 18.0 Å². The van der Waals surface area contributed by atoms with Crippen LogP contribution < -0.4 is 15.6 Å². The summed E-state index contributed by atoms with van der Waals surface area (Å²) in [6, 6.07) is 4.77. The summed E-state index contributed by atoms with van der Waals surface area (Å²) in [6.07, 6.45) is 5.45. The van der Waals surface area contributed by atoms with Crippen LogP contribution >= 0.6 is 11.6 Å². The molecule has 2 N–H and O–H groups in total. The number of hydrazine groups is 1. The van der Waals surface area contributed by atoms with Crippen molar-refractivity contribution in [1.29, 1.82) is 0 Å². The Kier molecular flexibility index (Phi) is 4.76. The average Bonchev–Trinajstić information content (AvgIpc) is 3.15. The lowest BCUT2D eigenvalue weighted by Gasteiger charge is -2.21. The Balaban J connectivity index is 1.52. The molecule has 3 atom stereocenters. The monoisotopic (exact) mass is 336 g/mol. The number of methoxy groups -OCH3 is 1. The molecular weight excluding hydrogens is 316 g/mol. The molecule has 2 aliphatic rings. The van der Waals surface area contributed by atoms with Crippen LogP contribution in [0.4, 0.5) is 0 Å². The fourth-order valence-corrected chi connectivity index (χ4v) is 4.14. The van der Waals surface area contributed by atoms with Crippen LogP contribution in [0, 0.1) is 17.8 Å². The van der Waals surface area contributed by atoms with E-state index in [1.54, 1.807) is 12.1 Å². The summed E-state index contributed by atoms with van der Waals surface area (Å²) in [7, 11) is 1.48. The number of fused-ring (bicyclic) bond motifs is 2. The van der Waals surface area contributed by atoms with E-state index >= 15 is 0 Å². The number of hydrogen-bond donors (Lipinski definition) is 2. The molecule has 1 aromatic carbocycles. The van der Waals surface area contributed by atoms with E-state index in [1.807, 2.05) is 0 Å². The second-order valence-corrected chi connectivity index (χ2v) is 6.92. The minimum Gasteiger partial charge on any atom is -0.496 e. The number of hydrogen-bond acceptors (Lipinski definition) is 3. The fourth-order valence-electron chi connectivity index (χ4n) is 3.97. The Bertz CT molecular complexity index is 620. The first kappa shape index (κ1) is 16.1. The van der Waals surface area contributed by atoms with Crippen molar-refractivity contribution < 1.29 is 14.3 Å². The van der Waals surface area contributed by atoms with Gasteiger partial charge in [0.1, 0.15) is 5.75 Å². The van der Waals surface area contributed by atoms with Gasteiger partial charge in [0, 0.05) is 11.4 Å². The van der Waals surface area contributed by atoms with Crippen LogP contribution in [0.5, 0.6) is 5.75 Å². The van der Waals surface area contributed by atoms with Crippen LogP contribution in [0.2, 0.25) is 5.02 Å². The van der Waals surface area contributed by atoms with E-state index in [0.29, 0.717) is 34.6 Å². The minimum atomic E-state index is -0.439. The molecule has 0 heterocycles. The third-order valence-electron chi connectivity index (χ3n) is 5.05. The molecule has 2 bridgehead atoms. The lowest BCUT2D eigenvalue weighted by atomic mass is 9.86. The Hall–Kier alpha value is -1.75. The molecule has 0 saturated heterocycles. The van der Waals surface area contributed by atoms with E-state index in [-0.39, 0.29) is 5.91 Å². The number of carbonyl (C=O) groups excluding carboxylic acids is 2. The molecule has 0 aliphatic heterocycles. The first-order chi connectivity index (χ1) is 11.1. The van der Waals surface area contributed by atoms with Gasteiger partial charge in [0.25, 0.3) is 5.91 Å². The Morgan fingerprint density at radius 1 is 1.26 bits per heavy atom. The Morgan fingerprint density at radius 2 is 2.09 bits per heavy atom. The first-order valence-electron chi connectivity index (χ1n) is 7.99. The zero-order chi connectivity index (χ0) is 16.4. The fraction of sp³-hybridized carbons (Fsp3) is 0.529. The number of ether oxygens (including phenoxy) is 1. The summed E-state index contributed by atoms with van der Waals surface area (Å²) >= 11 is 5.91. The third kappa shape index (κ3) is 3.61. The smallest absolute Gasteiger partial charge is 0.273 e. The largest absolute Gasteiger partial charge is 0.496 e. The van der Waals surface area contributed by atoms with Crippen molar-refractivity contribution in [3.63, 3.8) is 0 Å². The van der Waals surface area contributed by atoms with Crippen LogP contribution in [-0.2, 0) is 4.79 Å². The van der Waals surface area contributed by atoms with Gasteiger partial charge in [-0.05, 0) is 55.2 Å². The second kappa shape index (κ2) is 6.79. The lowest BCUT2D eigenvalue weighted by molar-refractivity contribution is -0.123. The van der Waals surface area contributed by atoms with E-state index < -0.39 is 5.91 Å². The highest BCUT2D eigenvalue weighted by Gasteiger charge is 2.40. The van der Waals surface area contributed by atoms with E-state index in [1.165, 1.54) is 32.4 Å². The van der Waals surface area contributed by atoms with Crippen molar-refractivity contribution in [2.45, 2.75) is 32.1 Å². The maximum atomic E-state index is 12.2. The van der Waals surface area contributed by atoms with Gasteiger partial charge >= 0.3 is 0 Å². The summed E-state index contributed by atoms with van der Waals surface area (Å²) in [5.41, 5.74) is 5.23. The van der Waals surface area contributed by atoms with Crippen molar-refractivity contribution in [2.24, 2.45) is 17.8 Å². The number of rotatable bonds is 4. The van der Waals surface area contributed by atoms with Crippen molar-refractivity contribution in [3.05, 3.63) is 28.8 Å². The highest BCUT2D eigenvalue weighted by Crippen LogP contribution is 2.49. The molecule has 2 aliphatic carbocycles. The lowest BCUT2D eigenvalue weighted by Crippen LogP contribution is -2.42. The Morgan fingerprint density at radius 3 is 2.74 bits per heavy atom. The van der Waals surface area contributed by atoms with Gasteiger partial charge in [0.2, 0.25) is 5.91 Å². The summed E-state index contributed by atoms with van der Waals surface area (Å²) < 4.78 is 5.14. The molecule has 0 unspecified atom stereocenters. The quantitative estimate of drug-likeness (QED) is 0.831. The molecule has 124 valence electrons. The summed E-state index contributed by atoms with van der Waals surface area (Å²) in [6.45, 7) is 0. The van der Waals surface area contributed by atoms with Crippen molar-refractivity contribution in [1.82, 2.24) is 10.9 Å². The molecule has 3 rings (SSSR count). The molecule has 2 fully saturated rings. The van der Waals surface area contributed by atoms with Gasteiger partial charge in [-0.2, -0.15) is 0 Å². The number of benzene rings is 1. The van der Waals surface area contributed by atoms with Crippen LogP contribution in [0.1, 0.15) is 42.5 Å². The van der Waals surface area contributed by atoms with Gasteiger partial charge in [0.15, 0.2) is 0 Å². The van der Waals surface area contributed by atoms with Crippen LogP contribution in [0.25, 0.3) is 0 Å². The van der Waals surface area contributed by atoms with Gasteiger partial charge in [-0.25, -0.2) is 0 Å². The van der Waals surface area contributed by atoms with Crippen LogP contribution in [0.15, 0.2) is 18.2 Å². The van der Waals surface area contributed by atoms with E-state index in [2.05, 4.69) is 10.9 Å². The first-order valence-corrected chi connectivity index (χ1v) is 8.37. The van der Waals surface area contributed by atoms with E-state index in [0.717, 1.165) is 12.3 Å². The van der Waals surface area contributed by atoms with E-state index in [9.17, 15) is 9.59 Å². The molecule has 0 aromatic heterocycles. The molecule has 2 saturated carbocycles. The normalized spacial score (nSPS) is 25.2. The molecule has 23 heavy (non-hydrogen) atoms. The zero-order valence-corrected chi connectivity index (χ0v) is 13.9. The van der Waals surface area contributed by atoms with Crippen LogP contribution in [-0.4, -0.2) is 18.9 Å². The number of halogens is 1.